The lowest BCUT2D eigenvalue weighted by Gasteiger charge is -2.26. The van der Waals surface area contributed by atoms with Gasteiger partial charge < -0.3 is 5.32 Å². The molecule has 2 aromatic rings. The average molecular weight is 327 g/mol. The van der Waals surface area contributed by atoms with Crippen LogP contribution in [0.5, 0.6) is 0 Å². The molecule has 2 aromatic heterocycles. The SMILES string of the molecule is O=C(/C=C/c1cccnc1)NCC(c1cccs1)N1CCCC1. The highest BCUT2D eigenvalue weighted by Gasteiger charge is 2.24. The highest BCUT2D eigenvalue weighted by atomic mass is 32.1. The zero-order valence-electron chi connectivity index (χ0n) is 13.0. The Morgan fingerprint density at radius 1 is 1.35 bits per heavy atom. The fraction of sp³-hybridized carbons (Fsp3) is 0.333. The smallest absolute Gasteiger partial charge is 0.244 e. The van der Waals surface area contributed by atoms with Crippen LogP contribution >= 0.6 is 11.3 Å². The summed E-state index contributed by atoms with van der Waals surface area (Å²) in [6, 6.07) is 8.30. The molecular formula is C18H21N3OS. The van der Waals surface area contributed by atoms with Gasteiger partial charge in [-0.3, -0.25) is 14.7 Å². The van der Waals surface area contributed by atoms with Gasteiger partial charge in [0.05, 0.1) is 6.04 Å². The molecule has 5 heteroatoms. The third kappa shape index (κ3) is 4.50. The van der Waals surface area contributed by atoms with E-state index in [1.165, 1.54) is 17.7 Å². The summed E-state index contributed by atoms with van der Waals surface area (Å²) in [6.07, 6.45) is 9.32. The van der Waals surface area contributed by atoms with E-state index in [4.69, 9.17) is 0 Å². The fourth-order valence-corrected chi connectivity index (χ4v) is 3.71. The van der Waals surface area contributed by atoms with E-state index in [-0.39, 0.29) is 11.9 Å². The molecule has 0 radical (unpaired) electrons. The van der Waals surface area contributed by atoms with Crippen LogP contribution in [0.25, 0.3) is 6.08 Å². The van der Waals surface area contributed by atoms with Gasteiger partial charge in [0.15, 0.2) is 0 Å². The van der Waals surface area contributed by atoms with Crippen LogP contribution in [0.2, 0.25) is 0 Å². The third-order valence-corrected chi connectivity index (χ3v) is 5.01. The average Bonchev–Trinajstić information content (AvgIpc) is 3.28. The second-order valence-electron chi connectivity index (χ2n) is 5.64. The van der Waals surface area contributed by atoms with Crippen molar-refractivity contribution in [2.75, 3.05) is 19.6 Å². The third-order valence-electron chi connectivity index (χ3n) is 4.03. The maximum absolute atomic E-state index is 12.1. The first-order chi connectivity index (χ1) is 11.3. The molecule has 0 saturated carbocycles. The molecule has 1 N–H and O–H groups in total. The predicted molar refractivity (Wildman–Crippen MR) is 94.1 cm³/mol. The second kappa shape index (κ2) is 8.04. The second-order valence-corrected chi connectivity index (χ2v) is 6.62. The van der Waals surface area contributed by atoms with E-state index in [1.807, 2.05) is 12.1 Å². The van der Waals surface area contributed by atoms with Gasteiger partial charge in [0.25, 0.3) is 0 Å². The molecule has 120 valence electrons. The van der Waals surface area contributed by atoms with Crippen molar-refractivity contribution in [2.45, 2.75) is 18.9 Å². The van der Waals surface area contributed by atoms with Crippen LogP contribution in [-0.4, -0.2) is 35.4 Å². The van der Waals surface area contributed by atoms with Crippen LogP contribution in [-0.2, 0) is 4.79 Å². The van der Waals surface area contributed by atoms with Crippen molar-refractivity contribution in [3.05, 3.63) is 58.6 Å². The minimum atomic E-state index is -0.0605. The monoisotopic (exact) mass is 327 g/mol. The van der Waals surface area contributed by atoms with Gasteiger partial charge in [0.2, 0.25) is 5.91 Å². The van der Waals surface area contributed by atoms with Gasteiger partial charge in [-0.15, -0.1) is 11.3 Å². The molecule has 3 heterocycles. The van der Waals surface area contributed by atoms with E-state index in [2.05, 4.69) is 32.7 Å². The Kier molecular flexibility index (Phi) is 5.56. The lowest BCUT2D eigenvalue weighted by atomic mass is 10.2. The molecule has 1 aliphatic heterocycles. The first-order valence-electron chi connectivity index (χ1n) is 7.96. The van der Waals surface area contributed by atoms with Gasteiger partial charge in [-0.25, -0.2) is 0 Å². The number of likely N-dealkylation sites (tertiary alicyclic amines) is 1. The number of aromatic nitrogens is 1. The molecule has 1 atom stereocenters. The molecule has 1 amide bonds. The summed E-state index contributed by atoms with van der Waals surface area (Å²) >= 11 is 1.76. The van der Waals surface area contributed by atoms with Crippen LogP contribution in [0.1, 0.15) is 29.3 Å². The van der Waals surface area contributed by atoms with Crippen LogP contribution in [0.3, 0.4) is 0 Å². The summed E-state index contributed by atoms with van der Waals surface area (Å²) in [5, 5.41) is 5.14. The Morgan fingerprint density at radius 2 is 2.22 bits per heavy atom. The van der Waals surface area contributed by atoms with E-state index < -0.39 is 0 Å². The molecule has 1 saturated heterocycles. The number of nitrogens with zero attached hydrogens (tertiary/aromatic N) is 2. The highest BCUT2D eigenvalue weighted by molar-refractivity contribution is 7.10. The number of nitrogens with one attached hydrogen (secondary N) is 1. The number of amides is 1. The first-order valence-corrected chi connectivity index (χ1v) is 8.84. The number of rotatable bonds is 6. The number of hydrogen-bond acceptors (Lipinski definition) is 4. The number of carbonyl (C=O) groups excluding carboxylic acids is 1. The standard InChI is InChI=1S/C18H21N3OS/c22-18(8-7-15-5-3-9-19-13-15)20-14-16(17-6-4-12-23-17)21-10-1-2-11-21/h3-9,12-13,16H,1-2,10-11,14H2,(H,20,22)/b8-7+. The molecule has 0 aromatic carbocycles. The Morgan fingerprint density at radius 3 is 2.91 bits per heavy atom. The summed E-state index contributed by atoms with van der Waals surface area (Å²) in [4.78, 5) is 19.9. The zero-order chi connectivity index (χ0) is 15.9. The summed E-state index contributed by atoms with van der Waals surface area (Å²) in [5.74, 6) is -0.0605. The van der Waals surface area contributed by atoms with E-state index >= 15 is 0 Å². The first kappa shape index (κ1) is 15.9. The van der Waals surface area contributed by atoms with Crippen LogP contribution in [0, 0.1) is 0 Å². The van der Waals surface area contributed by atoms with Gasteiger partial charge in [-0.05, 0) is 55.1 Å². The Bertz CT molecular complexity index is 634. The van der Waals surface area contributed by atoms with Crippen LogP contribution in [0.4, 0.5) is 0 Å². The molecule has 0 aliphatic carbocycles. The predicted octanol–water partition coefficient (Wildman–Crippen LogP) is 3.11. The maximum Gasteiger partial charge on any atom is 0.244 e. The van der Waals surface area contributed by atoms with Gasteiger partial charge in [0, 0.05) is 29.9 Å². The summed E-state index contributed by atoms with van der Waals surface area (Å²) < 4.78 is 0. The topological polar surface area (TPSA) is 45.2 Å². The summed E-state index contributed by atoms with van der Waals surface area (Å²) in [5.41, 5.74) is 0.928. The normalized spacial score (nSPS) is 16.7. The molecule has 23 heavy (non-hydrogen) atoms. The van der Waals surface area contributed by atoms with E-state index in [9.17, 15) is 4.79 Å². The van der Waals surface area contributed by atoms with Crippen molar-refractivity contribution in [1.29, 1.82) is 0 Å². The van der Waals surface area contributed by atoms with Crippen molar-refractivity contribution in [2.24, 2.45) is 0 Å². The molecule has 4 nitrogen and oxygen atoms in total. The lowest BCUT2D eigenvalue weighted by Crippen LogP contribution is -2.35. The van der Waals surface area contributed by atoms with Crippen molar-refractivity contribution >= 4 is 23.3 Å². The molecule has 0 spiro atoms. The largest absolute Gasteiger partial charge is 0.351 e. The van der Waals surface area contributed by atoms with Gasteiger partial charge in [-0.1, -0.05) is 12.1 Å². The minimum Gasteiger partial charge on any atom is -0.351 e. The number of hydrogen-bond donors (Lipinski definition) is 1. The molecule has 0 bridgehead atoms. The quantitative estimate of drug-likeness (QED) is 0.829. The van der Waals surface area contributed by atoms with Gasteiger partial charge >= 0.3 is 0 Å². The fourth-order valence-electron chi connectivity index (χ4n) is 2.85. The summed E-state index contributed by atoms with van der Waals surface area (Å²) in [6.45, 7) is 2.88. The number of carbonyl (C=O) groups is 1. The number of thiophene rings is 1. The maximum atomic E-state index is 12.1. The van der Waals surface area contributed by atoms with Crippen LogP contribution < -0.4 is 5.32 Å². The number of pyridine rings is 1. The highest BCUT2D eigenvalue weighted by Crippen LogP contribution is 2.27. The van der Waals surface area contributed by atoms with Crippen molar-refractivity contribution in [3.63, 3.8) is 0 Å². The van der Waals surface area contributed by atoms with E-state index in [0.717, 1.165) is 18.7 Å². The van der Waals surface area contributed by atoms with E-state index in [0.29, 0.717) is 6.54 Å². The van der Waals surface area contributed by atoms with Crippen molar-refractivity contribution in [3.8, 4) is 0 Å². The van der Waals surface area contributed by atoms with E-state index in [1.54, 1.807) is 35.9 Å². The van der Waals surface area contributed by atoms with Crippen molar-refractivity contribution in [1.82, 2.24) is 15.2 Å². The summed E-state index contributed by atoms with van der Waals surface area (Å²) in [7, 11) is 0. The van der Waals surface area contributed by atoms with Crippen LogP contribution in [0.15, 0.2) is 48.1 Å². The molecule has 1 aliphatic rings. The minimum absolute atomic E-state index is 0.0605. The van der Waals surface area contributed by atoms with Crippen molar-refractivity contribution < 1.29 is 4.79 Å². The molecule has 1 unspecified atom stereocenters. The molecular weight excluding hydrogens is 306 g/mol. The Labute approximate surface area is 140 Å². The molecule has 3 rings (SSSR count). The van der Waals surface area contributed by atoms with Gasteiger partial charge in [-0.2, -0.15) is 0 Å². The van der Waals surface area contributed by atoms with Gasteiger partial charge in [0.1, 0.15) is 0 Å². The Hall–Kier alpha value is -1.98. The molecule has 1 fully saturated rings. The Balaban J connectivity index is 1.58. The lowest BCUT2D eigenvalue weighted by molar-refractivity contribution is -0.116. The zero-order valence-corrected chi connectivity index (χ0v) is 13.8.